The van der Waals surface area contributed by atoms with Crippen LogP contribution < -0.4 is 10.6 Å². The molecule has 0 spiro atoms. The molecule has 0 saturated carbocycles. The molecule has 10 heteroatoms. The monoisotopic (exact) mass is 554 g/mol. The number of aliphatic carboxylic acids is 1. The van der Waals surface area contributed by atoms with Gasteiger partial charge in [-0.25, -0.2) is 4.79 Å². The third-order valence-electron chi connectivity index (χ3n) is 6.92. The van der Waals surface area contributed by atoms with Gasteiger partial charge in [-0.05, 0) is 34.7 Å². The van der Waals surface area contributed by atoms with Crippen molar-refractivity contribution in [2.45, 2.75) is 38.1 Å². The lowest BCUT2D eigenvalue weighted by molar-refractivity contribution is -0.137. The van der Waals surface area contributed by atoms with E-state index in [2.05, 4.69) is 27.9 Å². The van der Waals surface area contributed by atoms with Gasteiger partial charge in [0.2, 0.25) is 5.91 Å². The van der Waals surface area contributed by atoms with Crippen LogP contribution in [0.5, 0.6) is 0 Å². The van der Waals surface area contributed by atoms with E-state index in [1.54, 1.807) is 6.92 Å². The number of rotatable bonds is 11. The Labute approximate surface area is 236 Å². The highest BCUT2D eigenvalue weighted by Gasteiger charge is 2.32. The number of ether oxygens (including phenoxy) is 2. The molecule has 3 aromatic carbocycles. The second-order valence-corrected chi connectivity index (χ2v) is 9.76. The van der Waals surface area contributed by atoms with Gasteiger partial charge in [-0.3, -0.25) is 14.3 Å². The molecule has 2 atom stereocenters. The summed E-state index contributed by atoms with van der Waals surface area (Å²) in [7, 11) is 0. The number of hydrogen-bond acceptors (Lipinski definition) is 6. The Morgan fingerprint density at radius 1 is 0.951 bits per heavy atom. The second-order valence-electron chi connectivity index (χ2n) is 9.76. The van der Waals surface area contributed by atoms with Gasteiger partial charge < -0.3 is 25.2 Å². The van der Waals surface area contributed by atoms with E-state index in [9.17, 15) is 14.4 Å². The van der Waals surface area contributed by atoms with Crippen molar-refractivity contribution < 1.29 is 29.0 Å². The molecule has 0 saturated heterocycles. The van der Waals surface area contributed by atoms with Crippen LogP contribution in [-0.4, -0.2) is 51.6 Å². The van der Waals surface area contributed by atoms with Crippen LogP contribution in [0.2, 0.25) is 0 Å². The number of carbonyl (C=O) groups is 3. The minimum absolute atomic E-state index is 0.0927. The van der Waals surface area contributed by atoms with Gasteiger partial charge >= 0.3 is 12.1 Å². The molecule has 1 aromatic heterocycles. The van der Waals surface area contributed by atoms with Crippen molar-refractivity contribution in [2.75, 3.05) is 11.9 Å². The number of fused-ring (bicyclic) bond motifs is 3. The zero-order chi connectivity index (χ0) is 28.8. The number of nitrogens with one attached hydrogen (secondary N) is 2. The highest BCUT2D eigenvalue weighted by molar-refractivity contribution is 5.96. The lowest BCUT2D eigenvalue weighted by atomic mass is 9.98. The topological polar surface area (TPSA) is 132 Å². The van der Waals surface area contributed by atoms with Crippen molar-refractivity contribution in [1.29, 1.82) is 0 Å². The largest absolute Gasteiger partial charge is 0.480 e. The summed E-state index contributed by atoms with van der Waals surface area (Å²) >= 11 is 0. The standard InChI is InChI=1S/C31H30N4O6/c1-20(40-18-21-9-3-2-4-10-21)29(30(38)33-22-15-32-35(16-22)17-28(36)37)34-31(39)41-19-27-25-13-7-5-11-23(25)24-12-6-8-14-26(24)27/h2-16,20,27,29H,17-19H2,1H3,(H,33,38)(H,34,39)(H,36,37)/t20-,29+/m0/s1. The Morgan fingerprint density at radius 2 is 1.59 bits per heavy atom. The average Bonchev–Trinajstić information content (AvgIpc) is 3.55. The van der Waals surface area contributed by atoms with E-state index in [4.69, 9.17) is 14.6 Å². The van der Waals surface area contributed by atoms with E-state index in [0.29, 0.717) is 0 Å². The molecule has 5 rings (SSSR count). The number of carbonyl (C=O) groups excluding carboxylic acids is 2. The molecule has 0 bridgehead atoms. The van der Waals surface area contributed by atoms with E-state index in [0.717, 1.165) is 27.8 Å². The zero-order valence-electron chi connectivity index (χ0n) is 22.4. The first-order chi connectivity index (χ1) is 19.9. The Hall–Kier alpha value is -4.96. The smallest absolute Gasteiger partial charge is 0.407 e. The Morgan fingerprint density at radius 3 is 2.24 bits per heavy atom. The highest BCUT2D eigenvalue weighted by atomic mass is 16.5. The molecule has 0 fully saturated rings. The van der Waals surface area contributed by atoms with Crippen molar-refractivity contribution in [2.24, 2.45) is 0 Å². The summed E-state index contributed by atoms with van der Waals surface area (Å²) in [6.45, 7) is 1.66. The Kier molecular flexibility index (Phi) is 8.40. The zero-order valence-corrected chi connectivity index (χ0v) is 22.4. The van der Waals surface area contributed by atoms with E-state index >= 15 is 0 Å². The van der Waals surface area contributed by atoms with Gasteiger partial charge in [-0.1, -0.05) is 78.9 Å². The van der Waals surface area contributed by atoms with Gasteiger partial charge in [-0.2, -0.15) is 5.10 Å². The summed E-state index contributed by atoms with van der Waals surface area (Å²) in [5.41, 5.74) is 5.57. The lowest BCUT2D eigenvalue weighted by Gasteiger charge is -2.24. The number of anilines is 1. The highest BCUT2D eigenvalue weighted by Crippen LogP contribution is 2.44. The maximum atomic E-state index is 13.3. The number of carboxylic acid groups (broad SMARTS) is 1. The quantitative estimate of drug-likeness (QED) is 0.250. The molecule has 10 nitrogen and oxygen atoms in total. The lowest BCUT2D eigenvalue weighted by Crippen LogP contribution is -2.51. The molecule has 3 N–H and O–H groups in total. The molecule has 0 aliphatic heterocycles. The number of amides is 2. The number of nitrogens with zero attached hydrogens (tertiary/aromatic N) is 2. The number of alkyl carbamates (subject to hydrolysis) is 1. The number of hydrogen-bond donors (Lipinski definition) is 3. The van der Waals surface area contributed by atoms with Crippen LogP contribution in [0, 0.1) is 0 Å². The van der Waals surface area contributed by atoms with Crippen molar-refractivity contribution in [1.82, 2.24) is 15.1 Å². The summed E-state index contributed by atoms with van der Waals surface area (Å²) in [5.74, 6) is -1.76. The van der Waals surface area contributed by atoms with Gasteiger partial charge in [0.25, 0.3) is 0 Å². The molecule has 0 unspecified atom stereocenters. The third-order valence-corrected chi connectivity index (χ3v) is 6.92. The fourth-order valence-corrected chi connectivity index (χ4v) is 4.93. The normalized spacial score (nSPS) is 13.5. The van der Waals surface area contributed by atoms with Crippen LogP contribution in [0.25, 0.3) is 11.1 Å². The molecule has 4 aromatic rings. The summed E-state index contributed by atoms with van der Waals surface area (Å²) in [4.78, 5) is 37.3. The summed E-state index contributed by atoms with van der Waals surface area (Å²) in [6.07, 6.45) is 1.24. The number of aromatic nitrogens is 2. The van der Waals surface area contributed by atoms with Crippen molar-refractivity contribution in [3.8, 4) is 11.1 Å². The summed E-state index contributed by atoms with van der Waals surface area (Å²) in [6, 6.07) is 24.4. The Bertz CT molecular complexity index is 1490. The maximum absolute atomic E-state index is 13.3. The second kappa shape index (κ2) is 12.5. The van der Waals surface area contributed by atoms with Crippen LogP contribution in [0.15, 0.2) is 91.3 Å². The molecule has 41 heavy (non-hydrogen) atoms. The fourth-order valence-electron chi connectivity index (χ4n) is 4.93. The summed E-state index contributed by atoms with van der Waals surface area (Å²) < 4.78 is 12.8. The molecule has 1 heterocycles. The third kappa shape index (κ3) is 6.62. The number of carboxylic acids is 1. The molecule has 1 aliphatic rings. The van der Waals surface area contributed by atoms with Gasteiger partial charge in [0, 0.05) is 12.1 Å². The average molecular weight is 555 g/mol. The predicted octanol–water partition coefficient (Wildman–Crippen LogP) is 4.42. The van der Waals surface area contributed by atoms with Crippen molar-refractivity contribution >= 4 is 23.7 Å². The molecular weight excluding hydrogens is 524 g/mol. The summed E-state index contributed by atoms with van der Waals surface area (Å²) in [5, 5.41) is 18.3. The molecule has 1 aliphatic carbocycles. The maximum Gasteiger partial charge on any atom is 0.407 e. The van der Waals surface area contributed by atoms with E-state index < -0.39 is 30.1 Å². The first-order valence-electron chi connectivity index (χ1n) is 13.2. The van der Waals surface area contributed by atoms with Crippen LogP contribution in [0.3, 0.4) is 0 Å². The van der Waals surface area contributed by atoms with Gasteiger partial charge in [-0.15, -0.1) is 0 Å². The van der Waals surface area contributed by atoms with Crippen molar-refractivity contribution in [3.05, 3.63) is 108 Å². The molecule has 2 amide bonds. The van der Waals surface area contributed by atoms with Crippen LogP contribution in [0.1, 0.15) is 29.5 Å². The van der Waals surface area contributed by atoms with E-state index in [1.165, 1.54) is 17.1 Å². The van der Waals surface area contributed by atoms with Crippen LogP contribution >= 0.6 is 0 Å². The molecular formula is C31H30N4O6. The van der Waals surface area contributed by atoms with Crippen molar-refractivity contribution in [3.63, 3.8) is 0 Å². The van der Waals surface area contributed by atoms with Gasteiger partial charge in [0.05, 0.1) is 24.6 Å². The first kappa shape index (κ1) is 27.6. The van der Waals surface area contributed by atoms with Crippen LogP contribution in [0.4, 0.5) is 10.5 Å². The van der Waals surface area contributed by atoms with Gasteiger partial charge in [0.1, 0.15) is 19.2 Å². The van der Waals surface area contributed by atoms with E-state index in [-0.39, 0.29) is 31.4 Å². The Balaban J connectivity index is 1.27. The predicted molar refractivity (Wildman–Crippen MR) is 151 cm³/mol. The SMILES string of the molecule is C[C@H](OCc1ccccc1)[C@@H](NC(=O)OCC1c2ccccc2-c2ccccc21)C(=O)Nc1cnn(CC(=O)O)c1. The van der Waals surface area contributed by atoms with Gasteiger partial charge in [0.15, 0.2) is 0 Å². The minimum Gasteiger partial charge on any atom is -0.480 e. The van der Waals surface area contributed by atoms with Crippen LogP contribution in [-0.2, 0) is 32.2 Å². The molecule has 210 valence electrons. The first-order valence-corrected chi connectivity index (χ1v) is 13.2. The van der Waals surface area contributed by atoms with E-state index in [1.807, 2.05) is 66.7 Å². The molecule has 0 radical (unpaired) electrons. The minimum atomic E-state index is -1.11. The fraction of sp³-hybridized carbons (Fsp3) is 0.226. The number of benzene rings is 3.